The predicted octanol–water partition coefficient (Wildman–Crippen LogP) is 4.72. The summed E-state index contributed by atoms with van der Waals surface area (Å²) in [5.74, 6) is 0.455. The number of H-pyrrole nitrogens is 1. The van der Waals surface area contributed by atoms with Gasteiger partial charge >= 0.3 is 0 Å². The van der Waals surface area contributed by atoms with E-state index in [1.807, 2.05) is 30.5 Å². The molecule has 5 nitrogen and oxygen atoms in total. The van der Waals surface area contributed by atoms with Crippen molar-refractivity contribution >= 4 is 22.1 Å². The molecule has 0 saturated heterocycles. The summed E-state index contributed by atoms with van der Waals surface area (Å²) in [6.45, 7) is 4.00. The number of halogens is 1. The van der Waals surface area contributed by atoms with Crippen LogP contribution in [0.4, 0.5) is 4.39 Å². The van der Waals surface area contributed by atoms with E-state index in [1.165, 1.54) is 12.1 Å². The molecule has 0 radical (unpaired) electrons. The maximum Gasteiger partial charge on any atom is 0.165 e. The number of fused-ring (bicyclic) bond motifs is 2. The highest BCUT2D eigenvalue weighted by molar-refractivity contribution is 5.86. The molecule has 0 bridgehead atoms. The molecule has 0 amide bonds. The molecule has 0 fully saturated rings. The molecule has 0 aliphatic rings. The Morgan fingerprint density at radius 1 is 0.963 bits per heavy atom. The fourth-order valence-electron chi connectivity index (χ4n) is 3.43. The third kappa shape index (κ3) is 2.49. The Morgan fingerprint density at radius 2 is 1.78 bits per heavy atom. The van der Waals surface area contributed by atoms with E-state index in [9.17, 15) is 4.39 Å². The van der Waals surface area contributed by atoms with E-state index < -0.39 is 0 Å². The number of benzene rings is 2. The van der Waals surface area contributed by atoms with Crippen molar-refractivity contribution in [1.82, 2.24) is 24.7 Å². The number of aryl methyl sites for hydroxylation is 2. The Labute approximate surface area is 154 Å². The van der Waals surface area contributed by atoms with Gasteiger partial charge in [0.05, 0.1) is 17.4 Å². The maximum absolute atomic E-state index is 13.4. The molecule has 27 heavy (non-hydrogen) atoms. The van der Waals surface area contributed by atoms with Crippen molar-refractivity contribution in [1.29, 1.82) is 0 Å². The van der Waals surface area contributed by atoms with Crippen LogP contribution >= 0.6 is 0 Å². The smallest absolute Gasteiger partial charge is 0.165 e. The molecule has 6 heteroatoms. The fraction of sp³-hybridized carbons (Fsp3) is 0.0952. The second-order valence-corrected chi connectivity index (χ2v) is 6.67. The number of pyridine rings is 1. The first-order valence-electron chi connectivity index (χ1n) is 8.66. The molecule has 3 heterocycles. The average Bonchev–Trinajstić information content (AvgIpc) is 3.26. The van der Waals surface area contributed by atoms with Crippen LogP contribution in [0.3, 0.4) is 0 Å². The van der Waals surface area contributed by atoms with Crippen LogP contribution < -0.4 is 0 Å². The van der Waals surface area contributed by atoms with Crippen LogP contribution in [0.15, 0.2) is 54.7 Å². The molecule has 0 spiro atoms. The van der Waals surface area contributed by atoms with Crippen LogP contribution in [0.2, 0.25) is 0 Å². The predicted molar refractivity (Wildman–Crippen MR) is 103 cm³/mol. The molecule has 5 rings (SSSR count). The van der Waals surface area contributed by atoms with Crippen molar-refractivity contribution in [3.8, 4) is 17.1 Å². The zero-order chi connectivity index (χ0) is 18.5. The van der Waals surface area contributed by atoms with Gasteiger partial charge in [-0.1, -0.05) is 0 Å². The Bertz CT molecular complexity index is 1300. The Balaban J connectivity index is 1.86. The molecule has 0 unspecified atom stereocenters. The minimum atomic E-state index is -0.272. The molecule has 0 aliphatic carbocycles. The van der Waals surface area contributed by atoms with Crippen LogP contribution in [0.1, 0.15) is 11.3 Å². The number of aromatic nitrogens is 5. The van der Waals surface area contributed by atoms with Gasteiger partial charge in [0.2, 0.25) is 0 Å². The van der Waals surface area contributed by atoms with Gasteiger partial charge in [0.15, 0.2) is 5.65 Å². The first-order chi connectivity index (χ1) is 13.1. The van der Waals surface area contributed by atoms with Crippen molar-refractivity contribution < 1.29 is 4.39 Å². The van der Waals surface area contributed by atoms with Crippen molar-refractivity contribution in [2.45, 2.75) is 13.8 Å². The summed E-state index contributed by atoms with van der Waals surface area (Å²) in [5.41, 5.74) is 6.35. The lowest BCUT2D eigenvalue weighted by molar-refractivity contribution is 0.628. The van der Waals surface area contributed by atoms with Crippen LogP contribution in [0.5, 0.6) is 0 Å². The lowest BCUT2D eigenvalue weighted by atomic mass is 10.1. The number of rotatable bonds is 2. The normalized spacial score (nSPS) is 11.5. The topological polar surface area (TPSA) is 59.4 Å². The summed E-state index contributed by atoms with van der Waals surface area (Å²) in [5, 5.41) is 8.19. The van der Waals surface area contributed by atoms with Crippen molar-refractivity contribution in [3.05, 3.63) is 71.8 Å². The molecular weight excluding hydrogens is 341 g/mol. The zero-order valence-corrected chi connectivity index (χ0v) is 14.9. The van der Waals surface area contributed by atoms with E-state index in [0.29, 0.717) is 0 Å². The Hall–Kier alpha value is -3.54. The highest BCUT2D eigenvalue weighted by Gasteiger charge is 2.17. The summed E-state index contributed by atoms with van der Waals surface area (Å²) >= 11 is 0. The van der Waals surface area contributed by atoms with Gasteiger partial charge in [0, 0.05) is 16.6 Å². The summed E-state index contributed by atoms with van der Waals surface area (Å²) in [4.78, 5) is 9.50. The fourth-order valence-corrected chi connectivity index (χ4v) is 3.43. The van der Waals surface area contributed by atoms with Gasteiger partial charge in [-0.05, 0) is 67.9 Å². The molecule has 0 aliphatic heterocycles. The van der Waals surface area contributed by atoms with Crippen LogP contribution in [-0.4, -0.2) is 24.7 Å². The molecule has 2 aromatic carbocycles. The number of hydrogen-bond donors (Lipinski definition) is 1. The van der Waals surface area contributed by atoms with E-state index in [4.69, 9.17) is 9.97 Å². The van der Waals surface area contributed by atoms with E-state index in [-0.39, 0.29) is 5.82 Å². The minimum absolute atomic E-state index is 0.272. The van der Waals surface area contributed by atoms with Crippen LogP contribution in [0.25, 0.3) is 39.1 Å². The lowest BCUT2D eigenvalue weighted by Crippen LogP contribution is -2.00. The second-order valence-electron chi connectivity index (χ2n) is 6.67. The van der Waals surface area contributed by atoms with Crippen LogP contribution in [0, 0.1) is 19.7 Å². The van der Waals surface area contributed by atoms with Gasteiger partial charge in [-0.25, -0.2) is 14.4 Å². The largest absolute Gasteiger partial charge is 0.278 e. The highest BCUT2D eigenvalue weighted by atomic mass is 19.1. The molecule has 1 N–H and O–H groups in total. The number of nitrogens with zero attached hydrogens (tertiary/aromatic N) is 4. The first kappa shape index (κ1) is 15.7. The average molecular weight is 357 g/mol. The molecule has 3 aromatic heterocycles. The standard InChI is InChI=1S/C21H16FN5/c1-12-9-17(10-15-11-23-26-19(12)15)27-20(14-4-6-16(22)7-5-14)25-18-8-3-13(2)24-21(18)27/h3-11H,1-2H3,(H,23,26). The lowest BCUT2D eigenvalue weighted by Gasteiger charge is -2.11. The minimum Gasteiger partial charge on any atom is -0.278 e. The second kappa shape index (κ2) is 5.74. The van der Waals surface area contributed by atoms with Gasteiger partial charge in [0.25, 0.3) is 0 Å². The van der Waals surface area contributed by atoms with Crippen molar-refractivity contribution in [3.63, 3.8) is 0 Å². The van der Waals surface area contributed by atoms with Gasteiger partial charge in [0.1, 0.15) is 17.2 Å². The molecule has 0 saturated carbocycles. The highest BCUT2D eigenvalue weighted by Crippen LogP contribution is 2.30. The zero-order valence-electron chi connectivity index (χ0n) is 14.9. The number of aromatic amines is 1. The first-order valence-corrected chi connectivity index (χ1v) is 8.66. The third-order valence-electron chi connectivity index (χ3n) is 4.74. The van der Waals surface area contributed by atoms with Gasteiger partial charge in [-0.15, -0.1) is 0 Å². The number of hydrogen-bond acceptors (Lipinski definition) is 3. The Morgan fingerprint density at radius 3 is 2.59 bits per heavy atom. The van der Waals surface area contributed by atoms with E-state index in [2.05, 4.69) is 22.3 Å². The summed E-state index contributed by atoms with van der Waals surface area (Å²) in [6.07, 6.45) is 1.81. The Kier molecular flexibility index (Phi) is 3.33. The van der Waals surface area contributed by atoms with Gasteiger partial charge in [-0.2, -0.15) is 5.10 Å². The molecule has 0 atom stereocenters. The number of nitrogens with one attached hydrogen (secondary N) is 1. The monoisotopic (exact) mass is 357 g/mol. The molecular formula is C21H16FN5. The summed E-state index contributed by atoms with van der Waals surface area (Å²) in [7, 11) is 0. The summed E-state index contributed by atoms with van der Waals surface area (Å²) < 4.78 is 15.4. The van der Waals surface area contributed by atoms with E-state index in [1.54, 1.807) is 18.3 Å². The molecule has 132 valence electrons. The van der Waals surface area contributed by atoms with Crippen LogP contribution in [-0.2, 0) is 0 Å². The van der Waals surface area contributed by atoms with E-state index >= 15 is 0 Å². The summed E-state index contributed by atoms with van der Waals surface area (Å²) in [6, 6.07) is 14.4. The quantitative estimate of drug-likeness (QED) is 0.497. The number of imidazole rings is 1. The molecule has 5 aromatic rings. The van der Waals surface area contributed by atoms with Gasteiger partial charge < -0.3 is 0 Å². The van der Waals surface area contributed by atoms with Crippen molar-refractivity contribution in [2.24, 2.45) is 0 Å². The van der Waals surface area contributed by atoms with Crippen molar-refractivity contribution in [2.75, 3.05) is 0 Å². The maximum atomic E-state index is 13.4. The SMILES string of the molecule is Cc1ccc2nc(-c3ccc(F)cc3)n(-c3cc(C)c4[nH]ncc4c3)c2n1. The third-order valence-corrected chi connectivity index (χ3v) is 4.74. The van der Waals surface area contributed by atoms with Gasteiger partial charge in [-0.3, -0.25) is 9.67 Å². The van der Waals surface area contributed by atoms with E-state index in [0.717, 1.165) is 50.4 Å².